The van der Waals surface area contributed by atoms with Crippen LogP contribution in [-0.4, -0.2) is 42.0 Å². The molecule has 0 saturated heterocycles. The van der Waals surface area contributed by atoms with E-state index in [0.29, 0.717) is 22.7 Å². The maximum atomic E-state index is 13.4. The van der Waals surface area contributed by atoms with Gasteiger partial charge in [0.1, 0.15) is 17.4 Å². The minimum Gasteiger partial charge on any atom is -0.496 e. The van der Waals surface area contributed by atoms with Crippen LogP contribution in [0.1, 0.15) is 67.1 Å². The smallest absolute Gasteiger partial charge is 0.416 e. The fourth-order valence-electron chi connectivity index (χ4n) is 5.29. The van der Waals surface area contributed by atoms with Crippen molar-refractivity contribution in [2.45, 2.75) is 57.7 Å². The van der Waals surface area contributed by atoms with E-state index in [2.05, 4.69) is 15.3 Å². The molecule has 2 aromatic carbocycles. The normalized spacial score (nSPS) is 18.7. The molecule has 1 amide bonds. The number of ether oxygens (including phenoxy) is 1. The molecule has 0 bridgehead atoms. The molecule has 4 rings (SSSR count). The first-order valence-electron chi connectivity index (χ1n) is 12.7. The van der Waals surface area contributed by atoms with E-state index < -0.39 is 17.8 Å². The van der Waals surface area contributed by atoms with Crippen LogP contribution in [0.15, 0.2) is 30.3 Å². The zero-order valence-corrected chi connectivity index (χ0v) is 22.3. The minimum absolute atomic E-state index is 0.0247. The number of carbonyl (C=O) groups excluding carboxylic acids is 1. The van der Waals surface area contributed by atoms with Crippen LogP contribution in [-0.2, 0) is 11.0 Å². The third-order valence-corrected chi connectivity index (χ3v) is 7.27. The number of nitrogens with zero attached hydrogens (tertiary/aromatic N) is 3. The molecule has 204 valence electrons. The molecule has 0 unspecified atom stereocenters. The number of anilines is 2. The summed E-state index contributed by atoms with van der Waals surface area (Å²) in [6.45, 7) is 3.53. The largest absolute Gasteiger partial charge is 0.496 e. The molecule has 1 fully saturated rings. The van der Waals surface area contributed by atoms with Crippen molar-refractivity contribution in [3.05, 3.63) is 52.8 Å². The number of rotatable bonds is 6. The molecule has 3 aromatic rings. The topological polar surface area (TPSA) is 93.4 Å². The van der Waals surface area contributed by atoms with E-state index in [0.717, 1.165) is 54.5 Å². The third kappa shape index (κ3) is 5.79. The van der Waals surface area contributed by atoms with Crippen molar-refractivity contribution in [3.8, 4) is 5.75 Å². The van der Waals surface area contributed by atoms with E-state index in [1.807, 2.05) is 12.1 Å². The number of nitrogens with two attached hydrogens (primary N) is 1. The fourth-order valence-corrected chi connectivity index (χ4v) is 5.29. The van der Waals surface area contributed by atoms with E-state index >= 15 is 0 Å². The number of nitrogen functional groups attached to an aromatic ring is 1. The third-order valence-electron chi connectivity index (χ3n) is 7.27. The summed E-state index contributed by atoms with van der Waals surface area (Å²) in [6, 6.07) is 6.96. The summed E-state index contributed by atoms with van der Waals surface area (Å²) in [6.07, 6.45) is -1.20. The van der Waals surface area contributed by atoms with Crippen molar-refractivity contribution in [3.63, 3.8) is 0 Å². The van der Waals surface area contributed by atoms with Gasteiger partial charge in [-0.15, -0.1) is 0 Å². The van der Waals surface area contributed by atoms with E-state index in [1.165, 1.54) is 6.07 Å². The Bertz CT molecular complexity index is 1330. The Morgan fingerprint density at radius 1 is 1.11 bits per heavy atom. The summed E-state index contributed by atoms with van der Waals surface area (Å²) < 4.78 is 45.8. The first-order chi connectivity index (χ1) is 17.9. The molecular weight excluding hydrogens is 495 g/mol. The monoisotopic (exact) mass is 529 g/mol. The fraction of sp³-hybridized carbons (Fsp3) is 0.464. The summed E-state index contributed by atoms with van der Waals surface area (Å²) >= 11 is 0. The quantitative estimate of drug-likeness (QED) is 0.376. The number of methoxy groups -OCH3 is 1. The van der Waals surface area contributed by atoms with Crippen LogP contribution in [0.4, 0.5) is 24.7 Å². The van der Waals surface area contributed by atoms with Gasteiger partial charge in [0.05, 0.1) is 24.2 Å². The second-order valence-electron chi connectivity index (χ2n) is 10.3. The Kier molecular flexibility index (Phi) is 7.71. The zero-order valence-electron chi connectivity index (χ0n) is 22.3. The molecule has 1 saturated carbocycles. The summed E-state index contributed by atoms with van der Waals surface area (Å²) in [7, 11) is 5.19. The maximum absolute atomic E-state index is 13.4. The second-order valence-corrected chi connectivity index (χ2v) is 10.3. The van der Waals surface area contributed by atoms with Crippen LogP contribution >= 0.6 is 0 Å². The number of amides is 1. The van der Waals surface area contributed by atoms with Crippen molar-refractivity contribution in [1.82, 2.24) is 14.9 Å². The van der Waals surface area contributed by atoms with Gasteiger partial charge in [-0.1, -0.05) is 0 Å². The summed E-state index contributed by atoms with van der Waals surface area (Å²) in [5, 5.41) is 4.04. The predicted molar refractivity (Wildman–Crippen MR) is 142 cm³/mol. The lowest BCUT2D eigenvalue weighted by atomic mass is 9.77. The Balaban J connectivity index is 1.68. The highest BCUT2D eigenvalue weighted by atomic mass is 19.4. The molecule has 1 aliphatic carbocycles. The van der Waals surface area contributed by atoms with Gasteiger partial charge in [0.2, 0.25) is 5.91 Å². The summed E-state index contributed by atoms with van der Waals surface area (Å²) in [5.74, 6) is 2.16. The van der Waals surface area contributed by atoms with Gasteiger partial charge in [-0.25, -0.2) is 9.97 Å². The molecule has 1 aliphatic rings. The first kappa shape index (κ1) is 27.5. The van der Waals surface area contributed by atoms with Gasteiger partial charge >= 0.3 is 6.18 Å². The average molecular weight is 530 g/mol. The second kappa shape index (κ2) is 10.7. The van der Waals surface area contributed by atoms with E-state index in [4.69, 9.17) is 10.5 Å². The highest BCUT2D eigenvalue weighted by molar-refractivity contribution is 5.91. The van der Waals surface area contributed by atoms with Gasteiger partial charge in [0, 0.05) is 37.2 Å². The van der Waals surface area contributed by atoms with Crippen LogP contribution in [0.5, 0.6) is 5.75 Å². The molecular formula is C28H34F3N5O2. The van der Waals surface area contributed by atoms with Crippen molar-refractivity contribution >= 4 is 28.3 Å². The number of carbonyl (C=O) groups is 1. The molecule has 3 N–H and O–H groups in total. The van der Waals surface area contributed by atoms with E-state index in [1.54, 1.807) is 40.0 Å². The summed E-state index contributed by atoms with van der Waals surface area (Å²) in [5.41, 5.74) is 7.13. The van der Waals surface area contributed by atoms with E-state index in [-0.39, 0.29) is 23.4 Å². The van der Waals surface area contributed by atoms with Gasteiger partial charge in [-0.2, -0.15) is 13.2 Å². The van der Waals surface area contributed by atoms with Crippen LogP contribution in [0.25, 0.3) is 10.9 Å². The zero-order chi connectivity index (χ0) is 27.8. The molecule has 0 radical (unpaired) electrons. The maximum Gasteiger partial charge on any atom is 0.416 e. The number of aryl methyl sites for hydroxylation is 1. The number of benzene rings is 2. The number of fused-ring (bicyclic) bond motifs is 1. The Hall–Kier alpha value is -3.56. The standard InChI is InChI=1S/C28H34F3N5O2/c1-15(19-10-20(28(29,30)31)12-21(32)11-19)33-26-23-13-22(25(38-5)14-24(23)34-16(2)35-26)17-6-8-18(9-7-17)27(37)36(3)4/h10-15,17-18H,6-9,32H2,1-5H3,(H,33,34,35)/t15-,17-,18-/m1/s1. The Morgan fingerprint density at radius 2 is 1.79 bits per heavy atom. The molecule has 0 spiro atoms. The first-order valence-corrected chi connectivity index (χ1v) is 12.7. The number of hydrogen-bond acceptors (Lipinski definition) is 6. The van der Waals surface area contributed by atoms with Crippen molar-refractivity contribution in [2.75, 3.05) is 32.3 Å². The van der Waals surface area contributed by atoms with Gasteiger partial charge in [-0.05, 0) is 80.8 Å². The van der Waals surface area contributed by atoms with Crippen LogP contribution in [0.3, 0.4) is 0 Å². The lowest BCUT2D eigenvalue weighted by molar-refractivity contribution is -0.137. The van der Waals surface area contributed by atoms with Gasteiger partial charge in [0.15, 0.2) is 0 Å². The number of hydrogen-bond donors (Lipinski definition) is 2. The van der Waals surface area contributed by atoms with Crippen molar-refractivity contribution in [2.24, 2.45) is 5.92 Å². The lowest BCUT2D eigenvalue weighted by Gasteiger charge is -2.30. The van der Waals surface area contributed by atoms with Crippen LogP contribution in [0, 0.1) is 12.8 Å². The molecule has 1 atom stereocenters. The molecule has 1 aromatic heterocycles. The van der Waals surface area contributed by atoms with Crippen LogP contribution in [0.2, 0.25) is 0 Å². The lowest BCUT2D eigenvalue weighted by Crippen LogP contribution is -2.32. The number of alkyl halides is 3. The number of halogens is 3. The highest BCUT2D eigenvalue weighted by Crippen LogP contribution is 2.42. The summed E-state index contributed by atoms with van der Waals surface area (Å²) in [4.78, 5) is 23.3. The minimum atomic E-state index is -4.50. The predicted octanol–water partition coefficient (Wildman–Crippen LogP) is 6.08. The SMILES string of the molecule is COc1cc2nc(C)nc(N[C@H](C)c3cc(N)cc(C(F)(F)F)c3)c2cc1[C@H]1CC[C@H](C(=O)N(C)C)CC1. The molecule has 1 heterocycles. The molecule has 10 heteroatoms. The van der Waals surface area contributed by atoms with Crippen LogP contribution < -0.4 is 15.8 Å². The number of nitrogens with one attached hydrogen (secondary N) is 1. The number of aromatic nitrogens is 2. The van der Waals surface area contributed by atoms with Crippen molar-refractivity contribution < 1.29 is 22.7 Å². The van der Waals surface area contributed by atoms with Gasteiger partial charge < -0.3 is 20.7 Å². The Labute approximate surface area is 220 Å². The van der Waals surface area contributed by atoms with Gasteiger partial charge in [-0.3, -0.25) is 4.79 Å². The molecule has 38 heavy (non-hydrogen) atoms. The Morgan fingerprint density at radius 3 is 2.39 bits per heavy atom. The van der Waals surface area contributed by atoms with Gasteiger partial charge in [0.25, 0.3) is 0 Å². The highest BCUT2D eigenvalue weighted by Gasteiger charge is 2.32. The average Bonchev–Trinajstić information content (AvgIpc) is 2.86. The van der Waals surface area contributed by atoms with Crippen molar-refractivity contribution in [1.29, 1.82) is 0 Å². The van der Waals surface area contributed by atoms with E-state index in [9.17, 15) is 18.0 Å². The molecule has 0 aliphatic heterocycles. The molecule has 7 nitrogen and oxygen atoms in total.